The van der Waals surface area contributed by atoms with Crippen molar-refractivity contribution in [3.8, 4) is 0 Å². The van der Waals surface area contributed by atoms with Crippen LogP contribution in [0.15, 0.2) is 42.5 Å². The van der Waals surface area contributed by atoms with E-state index >= 15 is 0 Å². The second-order valence-electron chi connectivity index (χ2n) is 11.8. The second-order valence-corrected chi connectivity index (χ2v) is 13.5. The van der Waals surface area contributed by atoms with Crippen LogP contribution in [-0.4, -0.2) is 51.0 Å². The Labute approximate surface area is 217 Å². The SMILES string of the molecule is CS(=O)(=O)Nc1ccc2c(c1)C1(CCC3(CC3)CC1)CN2C(=O)c1cccc(CN2CCC(F)(F)C2)c1. The Morgan fingerprint density at radius 2 is 1.70 bits per heavy atom. The first kappa shape index (κ1) is 24.8. The van der Waals surface area contributed by atoms with Gasteiger partial charge in [-0.2, -0.15) is 0 Å². The summed E-state index contributed by atoms with van der Waals surface area (Å²) in [6.45, 7) is 1.05. The quantitative estimate of drug-likeness (QED) is 0.582. The number of nitrogens with zero attached hydrogens (tertiary/aromatic N) is 2. The Bertz CT molecular complexity index is 1350. The standard InChI is InChI=1S/C28H33F2N3O3S/c1-37(35,36)31-22-5-6-24-23(16-22)27(11-9-26(7-8-26)10-12-27)18-33(24)25(34)21-4-2-3-20(15-21)17-32-14-13-28(29,30)19-32/h2-6,15-16,31H,7-14,17-19H2,1H3. The number of hydrogen-bond acceptors (Lipinski definition) is 4. The van der Waals surface area contributed by atoms with E-state index in [1.54, 1.807) is 17.0 Å². The molecule has 9 heteroatoms. The molecule has 2 saturated carbocycles. The lowest BCUT2D eigenvalue weighted by Crippen LogP contribution is -2.40. The predicted octanol–water partition coefficient (Wildman–Crippen LogP) is 5.15. The number of anilines is 2. The van der Waals surface area contributed by atoms with Crippen LogP contribution in [0.3, 0.4) is 0 Å². The molecule has 2 spiro atoms. The molecule has 2 aromatic rings. The summed E-state index contributed by atoms with van der Waals surface area (Å²) in [7, 11) is -3.42. The molecule has 3 fully saturated rings. The second kappa shape index (κ2) is 8.50. The lowest BCUT2D eigenvalue weighted by molar-refractivity contribution is 0.0115. The molecule has 6 rings (SSSR count). The first-order chi connectivity index (χ1) is 17.5. The van der Waals surface area contributed by atoms with Gasteiger partial charge in [0.25, 0.3) is 11.8 Å². The molecule has 37 heavy (non-hydrogen) atoms. The van der Waals surface area contributed by atoms with Crippen LogP contribution in [0.2, 0.25) is 0 Å². The van der Waals surface area contributed by atoms with Crippen LogP contribution in [0.25, 0.3) is 0 Å². The molecule has 1 N–H and O–H groups in total. The first-order valence-electron chi connectivity index (χ1n) is 13.1. The van der Waals surface area contributed by atoms with E-state index in [0.717, 1.165) is 48.8 Å². The molecule has 198 valence electrons. The third-order valence-electron chi connectivity index (χ3n) is 8.92. The summed E-state index contributed by atoms with van der Waals surface area (Å²) in [4.78, 5) is 17.4. The van der Waals surface area contributed by atoms with Crippen LogP contribution in [-0.2, 0) is 22.0 Å². The van der Waals surface area contributed by atoms with Crippen LogP contribution in [0.5, 0.6) is 0 Å². The maximum atomic E-state index is 13.9. The maximum absolute atomic E-state index is 13.9. The number of amides is 1. The molecule has 2 aromatic carbocycles. The van der Waals surface area contributed by atoms with Gasteiger partial charge in [0.05, 0.1) is 12.8 Å². The fourth-order valence-corrected chi connectivity index (χ4v) is 7.20. The van der Waals surface area contributed by atoms with E-state index in [4.69, 9.17) is 0 Å². The molecule has 0 atom stereocenters. The molecular formula is C28H33F2N3O3S. The van der Waals surface area contributed by atoms with Gasteiger partial charge < -0.3 is 4.90 Å². The van der Waals surface area contributed by atoms with Gasteiger partial charge >= 0.3 is 0 Å². The van der Waals surface area contributed by atoms with E-state index < -0.39 is 15.9 Å². The smallest absolute Gasteiger partial charge is 0.261 e. The number of likely N-dealkylation sites (tertiary alicyclic amines) is 1. The van der Waals surface area contributed by atoms with Crippen LogP contribution < -0.4 is 9.62 Å². The van der Waals surface area contributed by atoms with E-state index in [2.05, 4.69) is 4.72 Å². The fourth-order valence-electron chi connectivity index (χ4n) is 6.65. The van der Waals surface area contributed by atoms with Crippen molar-refractivity contribution in [3.63, 3.8) is 0 Å². The maximum Gasteiger partial charge on any atom is 0.261 e. The zero-order valence-corrected chi connectivity index (χ0v) is 21.9. The van der Waals surface area contributed by atoms with Crippen molar-refractivity contribution in [2.45, 2.75) is 62.8 Å². The van der Waals surface area contributed by atoms with Gasteiger partial charge in [-0.1, -0.05) is 12.1 Å². The van der Waals surface area contributed by atoms with Crippen molar-refractivity contribution in [2.24, 2.45) is 5.41 Å². The van der Waals surface area contributed by atoms with Crippen molar-refractivity contribution in [1.29, 1.82) is 0 Å². The molecule has 0 radical (unpaired) electrons. The first-order valence-corrected chi connectivity index (χ1v) is 15.0. The zero-order valence-electron chi connectivity index (χ0n) is 21.1. The van der Waals surface area contributed by atoms with Crippen molar-refractivity contribution >= 4 is 27.3 Å². The molecule has 2 heterocycles. The van der Waals surface area contributed by atoms with Gasteiger partial charge in [-0.05, 0) is 85.4 Å². The Balaban J connectivity index is 1.29. The van der Waals surface area contributed by atoms with Crippen molar-refractivity contribution < 1.29 is 22.0 Å². The normalized spacial score (nSPS) is 23.4. The van der Waals surface area contributed by atoms with E-state index in [1.807, 2.05) is 35.2 Å². The molecule has 1 saturated heterocycles. The molecular weight excluding hydrogens is 496 g/mol. The van der Waals surface area contributed by atoms with Crippen LogP contribution in [0.4, 0.5) is 20.2 Å². The molecule has 2 aliphatic heterocycles. The zero-order chi connectivity index (χ0) is 26.1. The molecule has 2 aliphatic carbocycles. The molecule has 1 amide bonds. The highest BCUT2D eigenvalue weighted by molar-refractivity contribution is 7.92. The van der Waals surface area contributed by atoms with Crippen molar-refractivity contribution in [1.82, 2.24) is 4.90 Å². The third kappa shape index (κ3) is 4.88. The Kier molecular flexibility index (Phi) is 5.69. The number of carbonyl (C=O) groups excluding carboxylic acids is 1. The third-order valence-corrected chi connectivity index (χ3v) is 9.53. The highest BCUT2D eigenvalue weighted by atomic mass is 32.2. The minimum absolute atomic E-state index is 0.109. The highest BCUT2D eigenvalue weighted by Crippen LogP contribution is 2.62. The summed E-state index contributed by atoms with van der Waals surface area (Å²) in [6, 6.07) is 12.8. The number of rotatable bonds is 5. The monoisotopic (exact) mass is 529 g/mol. The summed E-state index contributed by atoms with van der Waals surface area (Å²) in [5.41, 5.74) is 4.07. The summed E-state index contributed by atoms with van der Waals surface area (Å²) >= 11 is 0. The van der Waals surface area contributed by atoms with Gasteiger partial charge in [0, 0.05) is 48.4 Å². The van der Waals surface area contributed by atoms with Gasteiger partial charge in [0.1, 0.15) is 0 Å². The van der Waals surface area contributed by atoms with E-state index in [0.29, 0.717) is 36.3 Å². The summed E-state index contributed by atoms with van der Waals surface area (Å²) in [5, 5.41) is 0. The fraction of sp³-hybridized carbons (Fsp3) is 0.536. The van der Waals surface area contributed by atoms with Gasteiger partial charge in [-0.3, -0.25) is 14.4 Å². The highest BCUT2D eigenvalue weighted by Gasteiger charge is 2.53. The minimum Gasteiger partial charge on any atom is -0.307 e. The minimum atomic E-state index is -3.42. The van der Waals surface area contributed by atoms with Crippen molar-refractivity contribution in [3.05, 3.63) is 59.2 Å². The number of sulfonamides is 1. The topological polar surface area (TPSA) is 69.7 Å². The molecule has 4 aliphatic rings. The average molecular weight is 530 g/mol. The molecule has 0 bridgehead atoms. The van der Waals surface area contributed by atoms with E-state index in [-0.39, 0.29) is 24.3 Å². The lowest BCUT2D eigenvalue weighted by atomic mass is 9.66. The van der Waals surface area contributed by atoms with Gasteiger partial charge in [0.2, 0.25) is 10.0 Å². The number of hydrogen-bond donors (Lipinski definition) is 1. The molecule has 6 nitrogen and oxygen atoms in total. The molecule has 0 unspecified atom stereocenters. The summed E-state index contributed by atoms with van der Waals surface area (Å²) in [5.74, 6) is -2.76. The number of fused-ring (bicyclic) bond motifs is 2. The van der Waals surface area contributed by atoms with Crippen LogP contribution in [0.1, 0.15) is 66.4 Å². The van der Waals surface area contributed by atoms with Crippen LogP contribution >= 0.6 is 0 Å². The number of nitrogens with one attached hydrogen (secondary N) is 1. The lowest BCUT2D eigenvalue weighted by Gasteiger charge is -2.38. The van der Waals surface area contributed by atoms with Gasteiger partial charge in [-0.15, -0.1) is 0 Å². The largest absolute Gasteiger partial charge is 0.307 e. The van der Waals surface area contributed by atoms with Crippen LogP contribution in [0, 0.1) is 5.41 Å². The summed E-state index contributed by atoms with van der Waals surface area (Å²) in [6.07, 6.45) is 7.80. The van der Waals surface area contributed by atoms with Gasteiger partial charge in [-0.25, -0.2) is 17.2 Å². The number of carbonyl (C=O) groups is 1. The number of alkyl halides is 2. The van der Waals surface area contributed by atoms with Crippen molar-refractivity contribution in [2.75, 3.05) is 35.5 Å². The number of halogens is 2. The molecule has 0 aromatic heterocycles. The summed E-state index contributed by atoms with van der Waals surface area (Å²) < 4.78 is 53.7. The average Bonchev–Trinajstić information content (AvgIpc) is 3.41. The number of benzene rings is 2. The van der Waals surface area contributed by atoms with E-state index in [9.17, 15) is 22.0 Å². The Morgan fingerprint density at radius 1 is 0.973 bits per heavy atom. The predicted molar refractivity (Wildman–Crippen MR) is 140 cm³/mol. The Morgan fingerprint density at radius 3 is 2.35 bits per heavy atom. The Hall–Kier alpha value is -2.52. The van der Waals surface area contributed by atoms with Gasteiger partial charge in [0.15, 0.2) is 0 Å². The van der Waals surface area contributed by atoms with E-state index in [1.165, 1.54) is 12.8 Å².